The standard InChI is InChI=1S/C13H17Br/c1-9(2)10-3-5-11(6-4-10)13-7-12(13)8-14/h3-6,9,12-13H,7-8H2,1-2H3. The maximum Gasteiger partial charge on any atom is 0.00657 e. The molecule has 1 heteroatoms. The Kier molecular flexibility index (Phi) is 2.96. The predicted octanol–water partition coefficient (Wildman–Crippen LogP) is 4.31. The molecule has 2 unspecified atom stereocenters. The molecule has 0 spiro atoms. The topological polar surface area (TPSA) is 0 Å². The lowest BCUT2D eigenvalue weighted by molar-refractivity contribution is 0.862. The summed E-state index contributed by atoms with van der Waals surface area (Å²) in [6.07, 6.45) is 1.37. The van der Waals surface area contributed by atoms with Gasteiger partial charge in [0.15, 0.2) is 0 Å². The van der Waals surface area contributed by atoms with E-state index in [9.17, 15) is 0 Å². The predicted molar refractivity (Wildman–Crippen MR) is 65.2 cm³/mol. The average Bonchev–Trinajstić information content (AvgIpc) is 2.97. The Balaban J connectivity index is 2.08. The van der Waals surface area contributed by atoms with Crippen molar-refractivity contribution in [2.24, 2.45) is 5.92 Å². The van der Waals surface area contributed by atoms with Crippen molar-refractivity contribution in [3.8, 4) is 0 Å². The Hall–Kier alpha value is -0.300. The maximum atomic E-state index is 3.55. The number of halogens is 1. The molecule has 14 heavy (non-hydrogen) atoms. The molecule has 1 aromatic carbocycles. The normalized spacial score (nSPS) is 25.4. The van der Waals surface area contributed by atoms with E-state index in [1.54, 1.807) is 0 Å². The van der Waals surface area contributed by atoms with Gasteiger partial charge in [0, 0.05) is 5.33 Å². The summed E-state index contributed by atoms with van der Waals surface area (Å²) in [6, 6.07) is 9.18. The summed E-state index contributed by atoms with van der Waals surface area (Å²) >= 11 is 3.55. The summed E-state index contributed by atoms with van der Waals surface area (Å²) in [5, 5.41) is 1.16. The van der Waals surface area contributed by atoms with Crippen LogP contribution in [-0.2, 0) is 0 Å². The molecule has 1 aliphatic rings. The SMILES string of the molecule is CC(C)c1ccc(C2CC2CBr)cc1. The molecule has 1 saturated carbocycles. The number of hydrogen-bond donors (Lipinski definition) is 0. The van der Waals surface area contributed by atoms with E-state index in [0.717, 1.165) is 17.2 Å². The van der Waals surface area contributed by atoms with E-state index in [1.165, 1.54) is 17.5 Å². The minimum absolute atomic E-state index is 0.648. The molecule has 2 atom stereocenters. The molecule has 76 valence electrons. The first-order valence-electron chi connectivity index (χ1n) is 5.38. The third-order valence-electron chi connectivity index (χ3n) is 3.15. The van der Waals surface area contributed by atoms with E-state index in [4.69, 9.17) is 0 Å². The zero-order valence-electron chi connectivity index (χ0n) is 8.83. The van der Waals surface area contributed by atoms with E-state index < -0.39 is 0 Å². The molecular weight excluding hydrogens is 236 g/mol. The fraction of sp³-hybridized carbons (Fsp3) is 0.538. The van der Waals surface area contributed by atoms with Crippen molar-refractivity contribution in [1.82, 2.24) is 0 Å². The fourth-order valence-electron chi connectivity index (χ4n) is 1.95. The average molecular weight is 253 g/mol. The van der Waals surface area contributed by atoms with Gasteiger partial charge in [-0.1, -0.05) is 54.0 Å². The van der Waals surface area contributed by atoms with Crippen LogP contribution in [0, 0.1) is 5.92 Å². The lowest BCUT2D eigenvalue weighted by Crippen LogP contribution is -1.89. The van der Waals surface area contributed by atoms with Gasteiger partial charge in [-0.15, -0.1) is 0 Å². The van der Waals surface area contributed by atoms with E-state index in [0.29, 0.717) is 5.92 Å². The van der Waals surface area contributed by atoms with Crippen molar-refractivity contribution < 1.29 is 0 Å². The van der Waals surface area contributed by atoms with Gasteiger partial charge in [0.05, 0.1) is 0 Å². The molecule has 0 bridgehead atoms. The van der Waals surface area contributed by atoms with Gasteiger partial charge in [-0.25, -0.2) is 0 Å². The Bertz CT molecular complexity index is 300. The van der Waals surface area contributed by atoms with Gasteiger partial charge in [0.1, 0.15) is 0 Å². The first kappa shape index (κ1) is 10.2. The highest BCUT2D eigenvalue weighted by Gasteiger charge is 2.36. The van der Waals surface area contributed by atoms with Crippen molar-refractivity contribution in [3.63, 3.8) is 0 Å². The second-order valence-electron chi connectivity index (χ2n) is 4.58. The minimum atomic E-state index is 0.648. The molecule has 2 rings (SSSR count). The molecule has 0 N–H and O–H groups in total. The molecule has 1 aliphatic carbocycles. The summed E-state index contributed by atoms with van der Waals surface area (Å²) in [7, 11) is 0. The quantitative estimate of drug-likeness (QED) is 0.704. The first-order valence-corrected chi connectivity index (χ1v) is 6.50. The van der Waals surface area contributed by atoms with Gasteiger partial charge >= 0.3 is 0 Å². The molecule has 1 aromatic rings. The monoisotopic (exact) mass is 252 g/mol. The van der Waals surface area contributed by atoms with Crippen molar-refractivity contribution in [2.75, 3.05) is 5.33 Å². The Morgan fingerprint density at radius 3 is 2.36 bits per heavy atom. The fourth-order valence-corrected chi connectivity index (χ4v) is 2.67. The van der Waals surface area contributed by atoms with Gasteiger partial charge in [-0.3, -0.25) is 0 Å². The number of hydrogen-bond acceptors (Lipinski definition) is 0. The second-order valence-corrected chi connectivity index (χ2v) is 5.23. The van der Waals surface area contributed by atoms with E-state index >= 15 is 0 Å². The summed E-state index contributed by atoms with van der Waals surface area (Å²) < 4.78 is 0. The summed E-state index contributed by atoms with van der Waals surface area (Å²) in [6.45, 7) is 4.49. The van der Waals surface area contributed by atoms with E-state index in [-0.39, 0.29) is 0 Å². The van der Waals surface area contributed by atoms with Crippen LogP contribution in [0.1, 0.15) is 43.2 Å². The van der Waals surface area contributed by atoms with Crippen molar-refractivity contribution in [2.45, 2.75) is 32.1 Å². The largest absolute Gasteiger partial charge is 0.0925 e. The van der Waals surface area contributed by atoms with Crippen LogP contribution in [0.25, 0.3) is 0 Å². The molecule has 1 fully saturated rings. The number of rotatable bonds is 3. The summed E-state index contributed by atoms with van der Waals surface area (Å²) in [4.78, 5) is 0. The molecule has 0 heterocycles. The van der Waals surface area contributed by atoms with Crippen LogP contribution in [-0.4, -0.2) is 5.33 Å². The molecule has 0 aliphatic heterocycles. The van der Waals surface area contributed by atoms with Gasteiger partial charge < -0.3 is 0 Å². The number of benzene rings is 1. The van der Waals surface area contributed by atoms with Crippen molar-refractivity contribution in [3.05, 3.63) is 35.4 Å². The Labute approximate surface area is 94.8 Å². The lowest BCUT2D eigenvalue weighted by Gasteiger charge is -2.06. The zero-order valence-corrected chi connectivity index (χ0v) is 10.4. The molecule has 0 saturated heterocycles. The Morgan fingerprint density at radius 2 is 1.93 bits per heavy atom. The van der Waals surface area contributed by atoms with E-state index in [2.05, 4.69) is 54.0 Å². The van der Waals surface area contributed by atoms with Crippen LogP contribution < -0.4 is 0 Å². The maximum absolute atomic E-state index is 3.55. The third-order valence-corrected chi connectivity index (χ3v) is 3.98. The summed E-state index contributed by atoms with van der Waals surface area (Å²) in [5.41, 5.74) is 2.98. The van der Waals surface area contributed by atoms with Crippen molar-refractivity contribution in [1.29, 1.82) is 0 Å². The molecular formula is C13H17Br. The van der Waals surface area contributed by atoms with Crippen LogP contribution in [0.15, 0.2) is 24.3 Å². The second kappa shape index (κ2) is 4.06. The van der Waals surface area contributed by atoms with Crippen LogP contribution in [0.4, 0.5) is 0 Å². The van der Waals surface area contributed by atoms with Crippen LogP contribution >= 0.6 is 15.9 Å². The van der Waals surface area contributed by atoms with Gasteiger partial charge in [0.25, 0.3) is 0 Å². The highest BCUT2D eigenvalue weighted by molar-refractivity contribution is 9.09. The van der Waals surface area contributed by atoms with Gasteiger partial charge in [0.2, 0.25) is 0 Å². The van der Waals surface area contributed by atoms with Gasteiger partial charge in [-0.2, -0.15) is 0 Å². The third kappa shape index (κ3) is 2.03. The van der Waals surface area contributed by atoms with Crippen LogP contribution in [0.3, 0.4) is 0 Å². The zero-order chi connectivity index (χ0) is 10.1. The molecule has 0 aromatic heterocycles. The molecule has 0 nitrogen and oxygen atoms in total. The summed E-state index contributed by atoms with van der Waals surface area (Å²) in [5.74, 6) is 2.37. The molecule has 0 radical (unpaired) electrons. The highest BCUT2D eigenvalue weighted by Crippen LogP contribution is 2.48. The number of alkyl halides is 1. The molecule has 0 amide bonds. The first-order chi connectivity index (χ1) is 6.72. The van der Waals surface area contributed by atoms with Crippen LogP contribution in [0.5, 0.6) is 0 Å². The minimum Gasteiger partial charge on any atom is -0.0925 e. The Morgan fingerprint density at radius 1 is 1.29 bits per heavy atom. The van der Waals surface area contributed by atoms with Crippen molar-refractivity contribution >= 4 is 15.9 Å². The smallest absolute Gasteiger partial charge is 0.00657 e. The highest BCUT2D eigenvalue weighted by atomic mass is 79.9. The van der Waals surface area contributed by atoms with Crippen LogP contribution in [0.2, 0.25) is 0 Å². The van der Waals surface area contributed by atoms with Gasteiger partial charge in [-0.05, 0) is 35.3 Å². The lowest BCUT2D eigenvalue weighted by atomic mass is 10.00. The van der Waals surface area contributed by atoms with E-state index in [1.807, 2.05) is 0 Å².